The van der Waals surface area contributed by atoms with Crippen molar-refractivity contribution < 1.29 is 24.1 Å². The first-order valence-corrected chi connectivity index (χ1v) is 10.3. The number of hydrogen-bond donors (Lipinski definition) is 2. The van der Waals surface area contributed by atoms with Gasteiger partial charge in [-0.05, 0) is 47.9 Å². The number of anilines is 1. The van der Waals surface area contributed by atoms with Crippen LogP contribution < -0.4 is 19.7 Å². The number of carbonyl (C=O) groups is 1. The van der Waals surface area contributed by atoms with Gasteiger partial charge in [0.15, 0.2) is 6.79 Å². The van der Waals surface area contributed by atoms with Crippen molar-refractivity contribution in [2.24, 2.45) is 4.99 Å². The summed E-state index contributed by atoms with van der Waals surface area (Å²) < 4.78 is 15.9. The molecular weight excluding hydrogens is 398 g/mol. The summed E-state index contributed by atoms with van der Waals surface area (Å²) in [5, 5.41) is 14.3. The van der Waals surface area contributed by atoms with Gasteiger partial charge in [-0.15, -0.1) is 0 Å². The first-order chi connectivity index (χ1) is 15.1. The third kappa shape index (κ3) is 4.50. The lowest BCUT2D eigenvalue weighted by molar-refractivity contribution is -0.127. The van der Waals surface area contributed by atoms with Gasteiger partial charge in [0, 0.05) is 25.3 Å². The van der Waals surface area contributed by atoms with E-state index in [0.717, 1.165) is 34.9 Å². The second-order valence-corrected chi connectivity index (χ2v) is 7.55. The molecule has 164 valence electrons. The average molecular weight is 425 g/mol. The number of aliphatic imine (C=N–C) groups is 1. The van der Waals surface area contributed by atoms with E-state index in [1.54, 1.807) is 19.1 Å². The molecule has 8 nitrogen and oxygen atoms in total. The summed E-state index contributed by atoms with van der Waals surface area (Å²) in [5.41, 5.74) is 2.54. The van der Waals surface area contributed by atoms with Crippen LogP contribution in [0.15, 0.2) is 47.5 Å². The maximum atomic E-state index is 13.4. The van der Waals surface area contributed by atoms with Gasteiger partial charge < -0.3 is 29.5 Å². The van der Waals surface area contributed by atoms with E-state index in [1.165, 1.54) is 0 Å². The molecule has 0 spiro atoms. The highest BCUT2D eigenvalue weighted by atomic mass is 16.7. The van der Waals surface area contributed by atoms with E-state index in [-0.39, 0.29) is 19.2 Å². The molecule has 2 unspecified atom stereocenters. The van der Waals surface area contributed by atoms with Crippen LogP contribution >= 0.6 is 0 Å². The van der Waals surface area contributed by atoms with Crippen LogP contribution in [-0.2, 0) is 16.0 Å². The molecule has 31 heavy (non-hydrogen) atoms. The maximum Gasteiger partial charge on any atom is 0.256 e. The Balaban J connectivity index is 1.72. The number of aliphatic hydroxyl groups is 1. The fourth-order valence-electron chi connectivity index (χ4n) is 4.02. The lowest BCUT2D eigenvalue weighted by Crippen LogP contribution is -2.45. The predicted molar refractivity (Wildman–Crippen MR) is 117 cm³/mol. The molecule has 0 bridgehead atoms. The van der Waals surface area contributed by atoms with Gasteiger partial charge in [-0.1, -0.05) is 12.1 Å². The van der Waals surface area contributed by atoms with Gasteiger partial charge in [-0.25, -0.2) is 0 Å². The summed E-state index contributed by atoms with van der Waals surface area (Å²) in [6.45, 7) is 1.86. The highest BCUT2D eigenvalue weighted by molar-refractivity contribution is 6.04. The molecule has 2 aliphatic rings. The van der Waals surface area contributed by atoms with E-state index in [2.05, 4.69) is 10.3 Å². The quantitative estimate of drug-likeness (QED) is 0.657. The summed E-state index contributed by atoms with van der Waals surface area (Å²) in [6, 6.07) is 13.0. The number of rotatable bonds is 7. The van der Waals surface area contributed by atoms with Crippen molar-refractivity contribution >= 4 is 17.4 Å². The monoisotopic (exact) mass is 425 g/mol. The number of nitrogens with zero attached hydrogens (tertiary/aromatic N) is 2. The van der Waals surface area contributed by atoms with Gasteiger partial charge in [0.05, 0.1) is 20.2 Å². The van der Waals surface area contributed by atoms with Crippen LogP contribution in [0.4, 0.5) is 5.69 Å². The molecule has 0 fully saturated rings. The molecule has 2 aromatic rings. The molecule has 4 rings (SSSR count). The summed E-state index contributed by atoms with van der Waals surface area (Å²) in [7, 11) is 3.17. The minimum Gasteiger partial charge on any atom is -0.497 e. The zero-order valence-electron chi connectivity index (χ0n) is 17.7. The molecule has 0 saturated carbocycles. The van der Waals surface area contributed by atoms with E-state index in [4.69, 9.17) is 14.2 Å². The predicted octanol–water partition coefficient (Wildman–Crippen LogP) is 1.71. The largest absolute Gasteiger partial charge is 0.497 e. The van der Waals surface area contributed by atoms with Crippen LogP contribution in [-0.4, -0.2) is 63.6 Å². The number of carbonyl (C=O) groups excluding carboxylic acids is 1. The molecule has 0 radical (unpaired) electrons. The Labute approximate surface area is 181 Å². The fourth-order valence-corrected chi connectivity index (χ4v) is 4.02. The van der Waals surface area contributed by atoms with Crippen molar-refractivity contribution in [1.82, 2.24) is 5.32 Å². The number of hydrogen-bond acceptors (Lipinski definition) is 7. The fraction of sp³-hybridized carbons (Fsp3) is 0.391. The van der Waals surface area contributed by atoms with Crippen LogP contribution in [0.25, 0.3) is 0 Å². The zero-order chi connectivity index (χ0) is 21.8. The third-order valence-corrected chi connectivity index (χ3v) is 5.62. The highest BCUT2D eigenvalue weighted by Gasteiger charge is 2.37. The van der Waals surface area contributed by atoms with Crippen molar-refractivity contribution in [3.8, 4) is 11.5 Å². The van der Waals surface area contributed by atoms with Gasteiger partial charge in [0.1, 0.15) is 23.4 Å². The van der Waals surface area contributed by atoms with Crippen molar-refractivity contribution in [3.05, 3.63) is 53.6 Å². The number of fused-ring (bicyclic) bond motifs is 1. The second-order valence-electron chi connectivity index (χ2n) is 7.55. The van der Waals surface area contributed by atoms with Crippen LogP contribution in [0.1, 0.15) is 17.0 Å². The molecule has 8 heteroatoms. The van der Waals surface area contributed by atoms with Crippen molar-refractivity contribution in [2.75, 3.05) is 45.5 Å². The molecule has 0 aliphatic carbocycles. The molecule has 0 saturated heterocycles. The number of methoxy groups -OCH3 is 2. The molecule has 0 aromatic heterocycles. The Morgan fingerprint density at radius 2 is 1.94 bits per heavy atom. The summed E-state index contributed by atoms with van der Waals surface area (Å²) in [5.74, 6) is 1.36. The Morgan fingerprint density at radius 1 is 1.16 bits per heavy atom. The summed E-state index contributed by atoms with van der Waals surface area (Å²) in [6.07, 6.45) is -0.707. The smallest absolute Gasteiger partial charge is 0.256 e. The van der Waals surface area contributed by atoms with Crippen LogP contribution in [0.3, 0.4) is 0 Å². The summed E-state index contributed by atoms with van der Waals surface area (Å²) >= 11 is 0. The van der Waals surface area contributed by atoms with E-state index >= 15 is 0 Å². The first-order valence-electron chi connectivity index (χ1n) is 10.3. The Kier molecular flexibility index (Phi) is 6.39. The lowest BCUT2D eigenvalue weighted by atomic mass is 9.87. The zero-order valence-corrected chi connectivity index (χ0v) is 17.7. The molecule has 2 aliphatic heterocycles. The van der Waals surface area contributed by atoms with Gasteiger partial charge in [0.2, 0.25) is 0 Å². The Hall–Kier alpha value is -3.10. The van der Waals surface area contributed by atoms with Gasteiger partial charge in [-0.2, -0.15) is 0 Å². The van der Waals surface area contributed by atoms with E-state index in [9.17, 15) is 9.90 Å². The molecule has 2 heterocycles. The lowest BCUT2D eigenvalue weighted by Gasteiger charge is -2.26. The number of nitrogens with one attached hydrogen (secondary N) is 1. The number of benzene rings is 2. The molecule has 2 aromatic carbocycles. The molecule has 2 N–H and O–H groups in total. The maximum absolute atomic E-state index is 13.4. The van der Waals surface area contributed by atoms with Gasteiger partial charge >= 0.3 is 0 Å². The van der Waals surface area contributed by atoms with Crippen molar-refractivity contribution in [3.63, 3.8) is 0 Å². The number of amides is 1. The molecule has 2 atom stereocenters. The van der Waals surface area contributed by atoms with Crippen LogP contribution in [0.5, 0.6) is 11.5 Å². The van der Waals surface area contributed by atoms with E-state index in [1.807, 2.05) is 42.5 Å². The summed E-state index contributed by atoms with van der Waals surface area (Å²) in [4.78, 5) is 19.4. The topological polar surface area (TPSA) is 92.6 Å². The molecular formula is C23H27N3O5. The van der Waals surface area contributed by atoms with Gasteiger partial charge in [0.25, 0.3) is 5.91 Å². The number of amidine groups is 1. The minimum absolute atomic E-state index is 0.132. The van der Waals surface area contributed by atoms with Gasteiger partial charge in [-0.3, -0.25) is 9.79 Å². The molecule has 1 amide bonds. The Morgan fingerprint density at radius 3 is 2.61 bits per heavy atom. The minimum atomic E-state index is -1.19. The van der Waals surface area contributed by atoms with E-state index < -0.39 is 12.0 Å². The second kappa shape index (κ2) is 9.36. The van der Waals surface area contributed by atoms with E-state index in [0.29, 0.717) is 18.7 Å². The average Bonchev–Trinajstić information content (AvgIpc) is 3.29. The number of aliphatic hydroxyl groups excluding tert-OH is 1. The third-order valence-electron chi connectivity index (χ3n) is 5.62. The van der Waals surface area contributed by atoms with Crippen LogP contribution in [0, 0.1) is 0 Å². The van der Waals surface area contributed by atoms with Crippen molar-refractivity contribution in [2.45, 2.75) is 18.4 Å². The van der Waals surface area contributed by atoms with Crippen molar-refractivity contribution in [1.29, 1.82) is 0 Å². The normalized spacial score (nSPS) is 20.5. The Bertz CT molecular complexity index is 960. The first kappa shape index (κ1) is 21.1. The standard InChI is InChI=1S/C23H27N3O5/c1-29-14-31-18-7-8-20-16(11-18)12-19(15-3-5-17(30-2)6-4-15)22(27)23(28)26(20)13-21-24-9-10-25-21/h3-8,11,19,22,27H,9-10,12-14H2,1-2H3,(H,24,25). The SMILES string of the molecule is COCOc1ccc2c(c1)CC(c1ccc(OC)cc1)C(O)C(=O)N2CC1=NCCN1. The number of ether oxygens (including phenoxy) is 3. The van der Waals surface area contributed by atoms with Crippen LogP contribution in [0.2, 0.25) is 0 Å². The highest BCUT2D eigenvalue weighted by Crippen LogP contribution is 2.37.